The molecule has 0 amide bonds. The molecule has 0 bridgehead atoms. The number of anilines is 1. The highest BCUT2D eigenvalue weighted by Gasteiger charge is 2.31. The number of aromatic nitrogens is 1. The molecule has 3 nitrogen and oxygen atoms in total. The molecule has 1 N–H and O–H groups in total. The van der Waals surface area contributed by atoms with Crippen LogP contribution in [0.3, 0.4) is 0 Å². The lowest BCUT2D eigenvalue weighted by molar-refractivity contribution is 0.323. The van der Waals surface area contributed by atoms with E-state index < -0.39 is 0 Å². The highest BCUT2D eigenvalue weighted by atomic mass is 32.1. The van der Waals surface area contributed by atoms with Crippen LogP contribution in [0.1, 0.15) is 56.5 Å². The minimum absolute atomic E-state index is 0.759. The predicted molar refractivity (Wildman–Crippen MR) is 86.6 cm³/mol. The Kier molecular flexibility index (Phi) is 4.32. The van der Waals surface area contributed by atoms with Crippen LogP contribution in [0.4, 0.5) is 5.13 Å². The van der Waals surface area contributed by atoms with Crippen molar-refractivity contribution in [1.29, 1.82) is 0 Å². The van der Waals surface area contributed by atoms with E-state index in [4.69, 9.17) is 4.98 Å². The van der Waals surface area contributed by atoms with Crippen molar-refractivity contribution in [2.24, 2.45) is 11.8 Å². The Balaban J connectivity index is 1.75. The molecule has 0 radical (unpaired) electrons. The van der Waals surface area contributed by atoms with Crippen LogP contribution in [0.5, 0.6) is 0 Å². The highest BCUT2D eigenvalue weighted by molar-refractivity contribution is 7.15. The second-order valence-corrected chi connectivity index (χ2v) is 7.61. The van der Waals surface area contributed by atoms with Gasteiger partial charge in [0, 0.05) is 30.4 Å². The fourth-order valence-electron chi connectivity index (χ4n) is 2.96. The monoisotopic (exact) mass is 293 g/mol. The minimum Gasteiger partial charge on any atom is -0.348 e. The summed E-state index contributed by atoms with van der Waals surface area (Å²) < 4.78 is 0. The lowest BCUT2D eigenvalue weighted by atomic mass is 9.89. The highest BCUT2D eigenvalue weighted by Crippen LogP contribution is 2.44. The molecule has 2 unspecified atom stereocenters. The Labute approximate surface area is 126 Å². The third-order valence-electron chi connectivity index (χ3n) is 4.82. The summed E-state index contributed by atoms with van der Waals surface area (Å²) in [6, 6.07) is 0. The van der Waals surface area contributed by atoms with Gasteiger partial charge in [-0.1, -0.05) is 20.8 Å². The van der Waals surface area contributed by atoms with Gasteiger partial charge in [-0.2, -0.15) is 0 Å². The van der Waals surface area contributed by atoms with Crippen LogP contribution in [0, 0.1) is 11.8 Å². The first-order chi connectivity index (χ1) is 9.69. The van der Waals surface area contributed by atoms with E-state index in [1.807, 2.05) is 11.3 Å². The van der Waals surface area contributed by atoms with Crippen LogP contribution in [0.25, 0.3) is 0 Å². The van der Waals surface area contributed by atoms with Gasteiger partial charge >= 0.3 is 0 Å². The number of hydrogen-bond donors (Lipinski definition) is 1. The zero-order chi connectivity index (χ0) is 14.1. The summed E-state index contributed by atoms with van der Waals surface area (Å²) in [4.78, 5) is 9.02. The first kappa shape index (κ1) is 14.3. The molecule has 0 spiro atoms. The summed E-state index contributed by atoms with van der Waals surface area (Å²) in [6.45, 7) is 11.3. The third-order valence-corrected chi connectivity index (χ3v) is 5.95. The normalized spacial score (nSPS) is 27.1. The van der Waals surface area contributed by atoms with Gasteiger partial charge in [0.05, 0.1) is 5.69 Å². The Morgan fingerprint density at radius 3 is 2.70 bits per heavy atom. The number of thiazole rings is 1. The lowest BCUT2D eigenvalue weighted by Gasteiger charge is -2.35. The van der Waals surface area contributed by atoms with Crippen molar-refractivity contribution in [2.45, 2.75) is 52.5 Å². The van der Waals surface area contributed by atoms with Crippen LogP contribution in [0.2, 0.25) is 0 Å². The molecule has 1 saturated heterocycles. The molecule has 1 aliphatic carbocycles. The second-order valence-electron chi connectivity index (χ2n) is 6.55. The van der Waals surface area contributed by atoms with Gasteiger partial charge in [0.1, 0.15) is 0 Å². The average molecular weight is 293 g/mol. The van der Waals surface area contributed by atoms with Gasteiger partial charge in [-0.15, -0.1) is 11.3 Å². The summed E-state index contributed by atoms with van der Waals surface area (Å²) in [5, 5.41) is 4.75. The van der Waals surface area contributed by atoms with Gasteiger partial charge in [-0.05, 0) is 37.6 Å². The maximum Gasteiger partial charge on any atom is 0.185 e. The van der Waals surface area contributed by atoms with E-state index in [1.165, 1.54) is 48.1 Å². The molecule has 1 saturated carbocycles. The molecule has 1 aromatic heterocycles. The quantitative estimate of drug-likeness (QED) is 0.899. The molecular formula is C16H27N3S. The first-order valence-electron chi connectivity index (χ1n) is 8.14. The van der Waals surface area contributed by atoms with Gasteiger partial charge in [-0.3, -0.25) is 0 Å². The predicted octanol–water partition coefficient (Wildman–Crippen LogP) is 3.61. The van der Waals surface area contributed by atoms with E-state index in [0.717, 1.165) is 30.8 Å². The molecule has 2 aliphatic rings. The zero-order valence-electron chi connectivity index (χ0n) is 13.0. The Morgan fingerprint density at radius 2 is 2.05 bits per heavy atom. The van der Waals surface area contributed by atoms with Gasteiger partial charge in [0.15, 0.2) is 5.13 Å². The maximum absolute atomic E-state index is 5.01. The summed E-state index contributed by atoms with van der Waals surface area (Å²) in [7, 11) is 0. The van der Waals surface area contributed by atoms with Gasteiger partial charge in [0.25, 0.3) is 0 Å². The molecular weight excluding hydrogens is 266 g/mol. The van der Waals surface area contributed by atoms with Crippen molar-refractivity contribution >= 4 is 16.5 Å². The Bertz CT molecular complexity index is 453. The smallest absolute Gasteiger partial charge is 0.185 e. The van der Waals surface area contributed by atoms with E-state index >= 15 is 0 Å². The van der Waals surface area contributed by atoms with E-state index in [2.05, 4.69) is 31.0 Å². The minimum atomic E-state index is 0.759. The molecule has 1 aliphatic heterocycles. The van der Waals surface area contributed by atoms with Crippen LogP contribution in [-0.2, 0) is 6.54 Å². The molecule has 2 heterocycles. The number of hydrogen-bond acceptors (Lipinski definition) is 4. The van der Waals surface area contributed by atoms with Crippen molar-refractivity contribution in [1.82, 2.24) is 10.3 Å². The molecule has 3 rings (SSSR count). The van der Waals surface area contributed by atoms with Crippen molar-refractivity contribution < 1.29 is 0 Å². The molecule has 0 aromatic carbocycles. The van der Waals surface area contributed by atoms with Crippen molar-refractivity contribution in [3.05, 3.63) is 10.6 Å². The number of piperidine rings is 1. The largest absolute Gasteiger partial charge is 0.348 e. The second kappa shape index (κ2) is 6.02. The molecule has 20 heavy (non-hydrogen) atoms. The number of nitrogens with zero attached hydrogens (tertiary/aromatic N) is 2. The van der Waals surface area contributed by atoms with Gasteiger partial charge in [0.2, 0.25) is 0 Å². The SMILES string of the molecule is CCNCc1sc(N2CCC(C)C(C)C2)nc1C1CC1. The molecule has 2 fully saturated rings. The van der Waals surface area contributed by atoms with E-state index in [-0.39, 0.29) is 0 Å². The Morgan fingerprint density at radius 1 is 1.25 bits per heavy atom. The third kappa shape index (κ3) is 3.01. The van der Waals surface area contributed by atoms with E-state index in [0.29, 0.717) is 0 Å². The van der Waals surface area contributed by atoms with E-state index in [1.54, 1.807) is 0 Å². The van der Waals surface area contributed by atoms with E-state index in [9.17, 15) is 0 Å². The molecule has 112 valence electrons. The lowest BCUT2D eigenvalue weighted by Crippen LogP contribution is -2.38. The van der Waals surface area contributed by atoms with Gasteiger partial charge < -0.3 is 10.2 Å². The summed E-state index contributed by atoms with van der Waals surface area (Å²) in [5.74, 6) is 2.40. The van der Waals surface area contributed by atoms with Crippen molar-refractivity contribution in [2.75, 3.05) is 24.5 Å². The summed E-state index contributed by atoms with van der Waals surface area (Å²) in [5.41, 5.74) is 1.40. The fraction of sp³-hybridized carbons (Fsp3) is 0.812. The average Bonchev–Trinajstić information content (AvgIpc) is 3.20. The summed E-state index contributed by atoms with van der Waals surface area (Å²) in [6.07, 6.45) is 3.99. The standard InChI is InChI=1S/C16H27N3S/c1-4-17-9-14-15(13-5-6-13)18-16(20-14)19-8-7-11(2)12(3)10-19/h11-13,17H,4-10H2,1-3H3. The zero-order valence-corrected chi connectivity index (χ0v) is 13.8. The van der Waals surface area contributed by atoms with Crippen molar-refractivity contribution in [3.63, 3.8) is 0 Å². The topological polar surface area (TPSA) is 28.2 Å². The van der Waals surface area contributed by atoms with Crippen LogP contribution >= 0.6 is 11.3 Å². The van der Waals surface area contributed by atoms with Crippen LogP contribution in [-0.4, -0.2) is 24.6 Å². The number of rotatable bonds is 5. The maximum atomic E-state index is 5.01. The Hall–Kier alpha value is -0.610. The van der Waals surface area contributed by atoms with Crippen LogP contribution < -0.4 is 10.2 Å². The van der Waals surface area contributed by atoms with Crippen molar-refractivity contribution in [3.8, 4) is 0 Å². The van der Waals surface area contributed by atoms with Gasteiger partial charge in [-0.25, -0.2) is 4.98 Å². The fourth-order valence-corrected chi connectivity index (χ4v) is 4.11. The molecule has 1 aromatic rings. The summed E-state index contributed by atoms with van der Waals surface area (Å²) >= 11 is 1.93. The van der Waals surface area contributed by atoms with Crippen LogP contribution in [0.15, 0.2) is 0 Å². The number of nitrogens with one attached hydrogen (secondary N) is 1. The molecule has 2 atom stereocenters. The molecule has 4 heteroatoms. The first-order valence-corrected chi connectivity index (χ1v) is 8.96.